The zero-order valence-corrected chi connectivity index (χ0v) is 5.96. The topological polar surface area (TPSA) is 66.0 Å². The quantitative estimate of drug-likeness (QED) is 0.563. The van der Waals surface area contributed by atoms with E-state index in [-0.39, 0.29) is 0 Å². The highest BCUT2D eigenvalue weighted by Crippen LogP contribution is 1.81. The Balaban J connectivity index is 0.000000180. The molecule has 0 aliphatic rings. The molecule has 0 bridgehead atoms. The van der Waals surface area contributed by atoms with E-state index >= 15 is 0 Å². The Bertz CT molecular complexity index is 178. The predicted molar refractivity (Wildman–Crippen MR) is 36.6 cm³/mol. The maximum atomic E-state index is 9.00. The second kappa shape index (κ2) is 4.55. The van der Waals surface area contributed by atoms with Gasteiger partial charge in [0.1, 0.15) is 0 Å². The number of aryl methyl sites for hydroxylation is 1. The van der Waals surface area contributed by atoms with Gasteiger partial charge in [0.05, 0.1) is 6.33 Å². The zero-order chi connectivity index (χ0) is 7.98. The number of aromatic amines is 1. The van der Waals surface area contributed by atoms with E-state index in [1.54, 1.807) is 12.5 Å². The van der Waals surface area contributed by atoms with Gasteiger partial charge in [0.15, 0.2) is 0 Å². The number of rotatable bonds is 0. The summed E-state index contributed by atoms with van der Waals surface area (Å²) in [5.41, 5.74) is 1.11. The average molecular weight is 142 g/mol. The molecule has 56 valence electrons. The van der Waals surface area contributed by atoms with Crippen LogP contribution in [0.2, 0.25) is 0 Å². The number of nitrogens with one attached hydrogen (secondary N) is 1. The lowest BCUT2D eigenvalue weighted by Crippen LogP contribution is -1.78. The van der Waals surface area contributed by atoms with Crippen LogP contribution in [0.1, 0.15) is 12.6 Å². The Morgan fingerprint density at radius 1 is 1.80 bits per heavy atom. The van der Waals surface area contributed by atoms with Gasteiger partial charge in [0, 0.05) is 18.8 Å². The molecule has 1 aromatic heterocycles. The SMILES string of the molecule is CC(=O)O.Cc1cnc[nH]1. The van der Waals surface area contributed by atoms with E-state index in [0.717, 1.165) is 12.6 Å². The van der Waals surface area contributed by atoms with Crippen LogP contribution in [0.15, 0.2) is 12.5 Å². The first-order valence-corrected chi connectivity index (χ1v) is 2.77. The van der Waals surface area contributed by atoms with Crippen LogP contribution in [-0.2, 0) is 4.79 Å². The summed E-state index contributed by atoms with van der Waals surface area (Å²) < 4.78 is 0. The van der Waals surface area contributed by atoms with Gasteiger partial charge in [-0.05, 0) is 6.92 Å². The lowest BCUT2D eigenvalue weighted by Gasteiger charge is -1.67. The maximum Gasteiger partial charge on any atom is 0.300 e. The highest BCUT2D eigenvalue weighted by molar-refractivity contribution is 5.62. The second-order valence-electron chi connectivity index (χ2n) is 1.75. The summed E-state index contributed by atoms with van der Waals surface area (Å²) in [4.78, 5) is 15.7. The number of H-pyrrole nitrogens is 1. The number of imidazole rings is 1. The first-order chi connectivity index (χ1) is 4.63. The van der Waals surface area contributed by atoms with Gasteiger partial charge in [-0.15, -0.1) is 0 Å². The van der Waals surface area contributed by atoms with Crippen molar-refractivity contribution >= 4 is 5.97 Å². The van der Waals surface area contributed by atoms with Crippen molar-refractivity contribution in [2.45, 2.75) is 13.8 Å². The number of aromatic nitrogens is 2. The van der Waals surface area contributed by atoms with E-state index in [1.165, 1.54) is 0 Å². The minimum atomic E-state index is -0.833. The van der Waals surface area contributed by atoms with E-state index in [9.17, 15) is 0 Å². The number of carboxylic acids is 1. The number of carbonyl (C=O) groups is 1. The third-order valence-corrected chi connectivity index (χ3v) is 0.635. The molecule has 0 fully saturated rings. The van der Waals surface area contributed by atoms with Crippen molar-refractivity contribution in [3.8, 4) is 0 Å². The minimum Gasteiger partial charge on any atom is -0.481 e. The first-order valence-electron chi connectivity index (χ1n) is 2.77. The highest BCUT2D eigenvalue weighted by Gasteiger charge is 1.73. The lowest BCUT2D eigenvalue weighted by molar-refractivity contribution is -0.134. The van der Waals surface area contributed by atoms with E-state index in [0.29, 0.717) is 0 Å². The third kappa shape index (κ3) is 6.68. The summed E-state index contributed by atoms with van der Waals surface area (Å²) in [5.74, 6) is -0.833. The van der Waals surface area contributed by atoms with Crippen molar-refractivity contribution in [2.24, 2.45) is 0 Å². The van der Waals surface area contributed by atoms with Gasteiger partial charge in [0.25, 0.3) is 5.97 Å². The molecule has 0 aromatic carbocycles. The molecule has 0 spiro atoms. The molecule has 0 unspecified atom stereocenters. The molecule has 0 aliphatic carbocycles. The first kappa shape index (κ1) is 8.68. The van der Waals surface area contributed by atoms with Gasteiger partial charge >= 0.3 is 0 Å². The summed E-state index contributed by atoms with van der Waals surface area (Å²) in [5, 5.41) is 7.42. The van der Waals surface area contributed by atoms with Crippen LogP contribution in [0.3, 0.4) is 0 Å². The van der Waals surface area contributed by atoms with Crippen LogP contribution in [0.5, 0.6) is 0 Å². The van der Waals surface area contributed by atoms with Crippen molar-refractivity contribution in [1.82, 2.24) is 9.97 Å². The maximum absolute atomic E-state index is 9.00. The summed E-state index contributed by atoms with van der Waals surface area (Å²) in [6, 6.07) is 0. The second-order valence-corrected chi connectivity index (χ2v) is 1.75. The Hall–Kier alpha value is -1.32. The van der Waals surface area contributed by atoms with E-state index in [2.05, 4.69) is 9.97 Å². The molecule has 0 radical (unpaired) electrons. The molecule has 10 heavy (non-hydrogen) atoms. The molecule has 0 atom stereocenters. The molecule has 4 heteroatoms. The summed E-state index contributed by atoms with van der Waals surface area (Å²) >= 11 is 0. The summed E-state index contributed by atoms with van der Waals surface area (Å²) in [7, 11) is 0. The van der Waals surface area contributed by atoms with Crippen LogP contribution < -0.4 is 0 Å². The number of hydrogen-bond donors (Lipinski definition) is 2. The monoisotopic (exact) mass is 142 g/mol. The summed E-state index contributed by atoms with van der Waals surface area (Å²) in [6.07, 6.45) is 3.44. The molecule has 1 heterocycles. The number of carboxylic acid groups (broad SMARTS) is 1. The van der Waals surface area contributed by atoms with E-state index in [1.807, 2.05) is 6.92 Å². The zero-order valence-electron chi connectivity index (χ0n) is 5.96. The fourth-order valence-electron chi connectivity index (χ4n) is 0.325. The van der Waals surface area contributed by atoms with Crippen LogP contribution in [0, 0.1) is 6.92 Å². The Morgan fingerprint density at radius 2 is 2.30 bits per heavy atom. The van der Waals surface area contributed by atoms with Gasteiger partial charge < -0.3 is 10.1 Å². The van der Waals surface area contributed by atoms with Crippen LogP contribution in [0.4, 0.5) is 0 Å². The Morgan fingerprint density at radius 3 is 2.40 bits per heavy atom. The van der Waals surface area contributed by atoms with Gasteiger partial charge in [-0.2, -0.15) is 0 Å². The largest absolute Gasteiger partial charge is 0.481 e. The van der Waals surface area contributed by atoms with Crippen LogP contribution >= 0.6 is 0 Å². The standard InChI is InChI=1S/C4H6N2.C2H4O2/c1-4-2-5-3-6-4;1-2(3)4/h2-3H,1H3,(H,5,6);1H3,(H,3,4). The van der Waals surface area contributed by atoms with Crippen LogP contribution in [-0.4, -0.2) is 21.0 Å². The smallest absolute Gasteiger partial charge is 0.300 e. The molecule has 2 N–H and O–H groups in total. The molecule has 1 rings (SSSR count). The van der Waals surface area contributed by atoms with Gasteiger partial charge in [-0.25, -0.2) is 4.98 Å². The van der Waals surface area contributed by atoms with Gasteiger partial charge in [-0.1, -0.05) is 0 Å². The fourth-order valence-corrected chi connectivity index (χ4v) is 0.325. The molecule has 0 amide bonds. The van der Waals surface area contributed by atoms with E-state index < -0.39 is 5.97 Å². The lowest BCUT2D eigenvalue weighted by atomic mass is 10.6. The third-order valence-electron chi connectivity index (χ3n) is 0.635. The molecule has 0 saturated carbocycles. The highest BCUT2D eigenvalue weighted by atomic mass is 16.4. The van der Waals surface area contributed by atoms with Crippen molar-refractivity contribution in [1.29, 1.82) is 0 Å². The predicted octanol–water partition coefficient (Wildman–Crippen LogP) is 0.809. The van der Waals surface area contributed by atoms with E-state index in [4.69, 9.17) is 9.90 Å². The molecule has 0 saturated heterocycles. The Labute approximate surface area is 58.9 Å². The Kier molecular flexibility index (Phi) is 3.95. The van der Waals surface area contributed by atoms with Crippen molar-refractivity contribution in [2.75, 3.05) is 0 Å². The van der Waals surface area contributed by atoms with Gasteiger partial charge in [0.2, 0.25) is 0 Å². The average Bonchev–Trinajstić information content (AvgIpc) is 2.15. The number of nitrogens with zero attached hydrogens (tertiary/aromatic N) is 1. The number of aliphatic carboxylic acids is 1. The molecule has 4 nitrogen and oxygen atoms in total. The van der Waals surface area contributed by atoms with Gasteiger partial charge in [-0.3, -0.25) is 4.79 Å². The molecular formula is C6H10N2O2. The summed E-state index contributed by atoms with van der Waals surface area (Å²) in [6.45, 7) is 3.05. The normalized spacial score (nSPS) is 7.80. The van der Waals surface area contributed by atoms with Crippen molar-refractivity contribution in [3.63, 3.8) is 0 Å². The van der Waals surface area contributed by atoms with Crippen LogP contribution in [0.25, 0.3) is 0 Å². The molecule has 1 aromatic rings. The number of hydrogen-bond acceptors (Lipinski definition) is 2. The minimum absolute atomic E-state index is 0.833. The van der Waals surface area contributed by atoms with Crippen molar-refractivity contribution < 1.29 is 9.90 Å². The van der Waals surface area contributed by atoms with Crippen molar-refractivity contribution in [3.05, 3.63) is 18.2 Å². The fraction of sp³-hybridized carbons (Fsp3) is 0.333. The molecule has 0 aliphatic heterocycles. The molecular weight excluding hydrogens is 132 g/mol.